The monoisotopic (exact) mass is 213 g/mol. The minimum Gasteiger partial charge on any atom is -0.396 e. The Balaban J connectivity index is 2.18. The lowest BCUT2D eigenvalue weighted by Crippen LogP contribution is -2.30. The van der Waals surface area contributed by atoms with Gasteiger partial charge in [0.2, 0.25) is 0 Å². The highest BCUT2D eigenvalue weighted by molar-refractivity contribution is 4.85. The van der Waals surface area contributed by atoms with Crippen LogP contribution in [0.15, 0.2) is 0 Å². The molecule has 0 aromatic rings. The van der Waals surface area contributed by atoms with E-state index in [1.807, 2.05) is 0 Å². The van der Waals surface area contributed by atoms with Gasteiger partial charge in [0.25, 0.3) is 0 Å². The van der Waals surface area contributed by atoms with Crippen LogP contribution in [-0.2, 0) is 0 Å². The summed E-state index contributed by atoms with van der Waals surface area (Å²) in [7, 11) is 0. The van der Waals surface area contributed by atoms with Crippen LogP contribution in [0.2, 0.25) is 0 Å². The molecule has 0 aromatic heterocycles. The molecule has 0 amide bonds. The van der Waals surface area contributed by atoms with Crippen LogP contribution in [-0.4, -0.2) is 35.7 Å². The Labute approximate surface area is 94.7 Å². The summed E-state index contributed by atoms with van der Waals surface area (Å²) in [6, 6.07) is 0.867. The predicted octanol–water partition coefficient (Wildman–Crippen LogP) is 2.66. The Hall–Kier alpha value is -0.0800. The lowest BCUT2D eigenvalue weighted by Gasteiger charge is -2.26. The molecule has 90 valence electrons. The molecule has 0 aromatic carbocycles. The van der Waals surface area contributed by atoms with Crippen LogP contribution >= 0.6 is 0 Å². The first-order chi connectivity index (χ1) is 7.03. The third-order valence-corrected chi connectivity index (χ3v) is 3.07. The number of aliphatic hydroxyl groups excluding tert-OH is 1. The quantitative estimate of drug-likeness (QED) is 0.657. The smallest absolute Gasteiger partial charge is 0.0431 e. The van der Waals surface area contributed by atoms with Crippen molar-refractivity contribution in [3.05, 3.63) is 0 Å². The fourth-order valence-corrected chi connectivity index (χ4v) is 1.82. The van der Waals surface area contributed by atoms with Crippen molar-refractivity contribution >= 4 is 0 Å². The fourth-order valence-electron chi connectivity index (χ4n) is 1.82. The van der Waals surface area contributed by atoms with Gasteiger partial charge in [0.05, 0.1) is 0 Å². The number of rotatable bonds is 7. The summed E-state index contributed by atoms with van der Waals surface area (Å²) in [4.78, 5) is 2.63. The van der Waals surface area contributed by atoms with E-state index < -0.39 is 0 Å². The maximum atomic E-state index is 8.77. The zero-order chi connectivity index (χ0) is 11.3. The average Bonchev–Trinajstić information content (AvgIpc) is 2.92. The summed E-state index contributed by atoms with van der Waals surface area (Å²) in [5.74, 6) is 0. The second-order valence-corrected chi connectivity index (χ2v) is 6.01. The highest BCUT2D eigenvalue weighted by Crippen LogP contribution is 2.29. The SMILES string of the molecule is CC(C)(C)CCN(CCCCO)C1CC1. The van der Waals surface area contributed by atoms with Crippen LogP contribution in [0.1, 0.15) is 52.9 Å². The molecule has 0 bridgehead atoms. The molecule has 0 unspecified atom stereocenters. The normalized spacial score (nSPS) is 17.4. The van der Waals surface area contributed by atoms with E-state index in [4.69, 9.17) is 5.11 Å². The second kappa shape index (κ2) is 5.86. The van der Waals surface area contributed by atoms with E-state index in [1.165, 1.54) is 32.4 Å². The highest BCUT2D eigenvalue weighted by Gasteiger charge is 2.28. The Morgan fingerprint density at radius 2 is 1.80 bits per heavy atom. The van der Waals surface area contributed by atoms with Crippen molar-refractivity contribution < 1.29 is 5.11 Å². The molecule has 1 aliphatic rings. The van der Waals surface area contributed by atoms with Gasteiger partial charge in [-0.2, -0.15) is 0 Å². The van der Waals surface area contributed by atoms with Crippen LogP contribution in [0, 0.1) is 5.41 Å². The van der Waals surface area contributed by atoms with Crippen molar-refractivity contribution in [3.63, 3.8) is 0 Å². The number of nitrogens with zero attached hydrogens (tertiary/aromatic N) is 1. The maximum Gasteiger partial charge on any atom is 0.0431 e. The molecule has 0 heterocycles. The van der Waals surface area contributed by atoms with Crippen LogP contribution in [0.4, 0.5) is 0 Å². The van der Waals surface area contributed by atoms with E-state index in [-0.39, 0.29) is 0 Å². The van der Waals surface area contributed by atoms with Gasteiger partial charge in [0, 0.05) is 12.6 Å². The molecule has 1 aliphatic carbocycles. The summed E-state index contributed by atoms with van der Waals surface area (Å²) >= 11 is 0. The predicted molar refractivity (Wildman–Crippen MR) is 65.0 cm³/mol. The van der Waals surface area contributed by atoms with Crippen LogP contribution in [0.25, 0.3) is 0 Å². The van der Waals surface area contributed by atoms with Crippen molar-refractivity contribution in [1.82, 2.24) is 4.90 Å². The Morgan fingerprint density at radius 3 is 2.27 bits per heavy atom. The van der Waals surface area contributed by atoms with Crippen LogP contribution in [0.5, 0.6) is 0 Å². The minimum atomic E-state index is 0.345. The van der Waals surface area contributed by atoms with Gasteiger partial charge in [-0.15, -0.1) is 0 Å². The van der Waals surface area contributed by atoms with Gasteiger partial charge in [-0.3, -0.25) is 0 Å². The first-order valence-electron chi connectivity index (χ1n) is 6.38. The lowest BCUT2D eigenvalue weighted by atomic mass is 9.92. The molecule has 0 aliphatic heterocycles. The molecule has 15 heavy (non-hydrogen) atoms. The van der Waals surface area contributed by atoms with E-state index in [2.05, 4.69) is 25.7 Å². The average molecular weight is 213 g/mol. The summed E-state index contributed by atoms with van der Waals surface area (Å²) < 4.78 is 0. The summed E-state index contributed by atoms with van der Waals surface area (Å²) in [6.45, 7) is 9.70. The Bertz CT molecular complexity index is 170. The topological polar surface area (TPSA) is 23.5 Å². The molecule has 2 nitrogen and oxygen atoms in total. The number of unbranched alkanes of at least 4 members (excludes halogenated alkanes) is 1. The van der Waals surface area contributed by atoms with Crippen molar-refractivity contribution in [2.75, 3.05) is 19.7 Å². The third-order valence-electron chi connectivity index (χ3n) is 3.07. The summed E-state index contributed by atoms with van der Waals surface area (Å²) in [5.41, 5.74) is 0.449. The molecule has 1 rings (SSSR count). The van der Waals surface area contributed by atoms with Gasteiger partial charge < -0.3 is 10.0 Å². The van der Waals surface area contributed by atoms with Gasteiger partial charge in [-0.25, -0.2) is 0 Å². The molecule has 2 heteroatoms. The molecule has 0 saturated heterocycles. The van der Waals surface area contributed by atoms with E-state index in [0.717, 1.165) is 18.9 Å². The van der Waals surface area contributed by atoms with Crippen molar-refractivity contribution in [3.8, 4) is 0 Å². The molecular weight excluding hydrogens is 186 g/mol. The number of aliphatic hydroxyl groups is 1. The molecule has 1 saturated carbocycles. The Morgan fingerprint density at radius 1 is 1.13 bits per heavy atom. The Kier molecular flexibility index (Phi) is 5.07. The van der Waals surface area contributed by atoms with Crippen molar-refractivity contribution in [2.45, 2.75) is 58.9 Å². The second-order valence-electron chi connectivity index (χ2n) is 6.01. The first-order valence-corrected chi connectivity index (χ1v) is 6.38. The van der Waals surface area contributed by atoms with Gasteiger partial charge in [0.1, 0.15) is 0 Å². The van der Waals surface area contributed by atoms with Gasteiger partial charge in [0.15, 0.2) is 0 Å². The lowest BCUT2D eigenvalue weighted by molar-refractivity contribution is 0.206. The standard InChI is InChI=1S/C13H27NO/c1-13(2,3)8-10-14(12-6-7-12)9-4-5-11-15/h12,15H,4-11H2,1-3H3. The molecule has 0 radical (unpaired) electrons. The first kappa shape index (κ1) is 13.0. The zero-order valence-corrected chi connectivity index (χ0v) is 10.6. The van der Waals surface area contributed by atoms with Gasteiger partial charge >= 0.3 is 0 Å². The van der Waals surface area contributed by atoms with Crippen LogP contribution in [0.3, 0.4) is 0 Å². The van der Waals surface area contributed by atoms with E-state index >= 15 is 0 Å². The minimum absolute atomic E-state index is 0.345. The molecular formula is C13H27NO. The van der Waals surface area contributed by atoms with E-state index in [9.17, 15) is 0 Å². The highest BCUT2D eigenvalue weighted by atomic mass is 16.2. The van der Waals surface area contributed by atoms with Gasteiger partial charge in [-0.1, -0.05) is 20.8 Å². The molecule has 1 fully saturated rings. The summed E-state index contributed by atoms with van der Waals surface area (Å²) in [6.07, 6.45) is 6.17. The maximum absolute atomic E-state index is 8.77. The molecule has 1 N–H and O–H groups in total. The van der Waals surface area contributed by atoms with Gasteiger partial charge in [-0.05, 0) is 50.6 Å². The van der Waals surface area contributed by atoms with E-state index in [1.54, 1.807) is 0 Å². The zero-order valence-electron chi connectivity index (χ0n) is 10.6. The van der Waals surface area contributed by atoms with Crippen molar-refractivity contribution in [1.29, 1.82) is 0 Å². The number of hydrogen-bond acceptors (Lipinski definition) is 2. The molecule has 0 atom stereocenters. The largest absolute Gasteiger partial charge is 0.396 e. The number of hydrogen-bond donors (Lipinski definition) is 1. The summed E-state index contributed by atoms with van der Waals surface area (Å²) in [5, 5.41) is 8.77. The van der Waals surface area contributed by atoms with Crippen LogP contribution < -0.4 is 0 Å². The van der Waals surface area contributed by atoms with Crippen molar-refractivity contribution in [2.24, 2.45) is 5.41 Å². The molecule has 0 spiro atoms. The third kappa shape index (κ3) is 6.16. The van der Waals surface area contributed by atoms with E-state index in [0.29, 0.717) is 12.0 Å². The fraction of sp³-hybridized carbons (Fsp3) is 1.00.